The molecule has 0 aliphatic rings. The number of carbonyl (C=O) groups excluding carboxylic acids is 4. The van der Waals surface area contributed by atoms with E-state index >= 15 is 0 Å². The quantitative estimate of drug-likeness (QED) is 0.0272. The van der Waals surface area contributed by atoms with Crippen LogP contribution in [-0.4, -0.2) is 59.4 Å². The third-order valence-electron chi connectivity index (χ3n) is 17.3. The summed E-state index contributed by atoms with van der Waals surface area (Å²) in [5.74, 6) is -1.32. The fourth-order valence-corrected chi connectivity index (χ4v) is 11.3. The summed E-state index contributed by atoms with van der Waals surface area (Å²) >= 11 is 0. The third kappa shape index (κ3) is 62.8. The second kappa shape index (κ2) is 72.9. The summed E-state index contributed by atoms with van der Waals surface area (Å²) in [5, 5.41) is 24.3. The van der Waals surface area contributed by atoms with Crippen LogP contribution in [0.5, 0.6) is 0 Å². The lowest BCUT2D eigenvalue weighted by atomic mass is 9.91. The molecule has 0 aromatic rings. The average Bonchev–Trinajstić information content (AvgIpc) is 3.72. The lowest BCUT2D eigenvalue weighted by Gasteiger charge is -2.20. The van der Waals surface area contributed by atoms with Crippen molar-refractivity contribution in [2.75, 3.05) is 19.8 Å². The van der Waals surface area contributed by atoms with Gasteiger partial charge in [-0.15, -0.1) is 0 Å². The van der Waals surface area contributed by atoms with Gasteiger partial charge in [-0.05, 0) is 135 Å². The molecule has 4 N–H and O–H groups in total. The predicted octanol–water partition coefficient (Wildman–Crippen LogP) is 22.7. The molecule has 0 aromatic carbocycles. The Morgan fingerprint density at radius 1 is 0.314 bits per heavy atom. The van der Waals surface area contributed by atoms with Gasteiger partial charge in [0.15, 0.2) is 0 Å². The minimum absolute atomic E-state index is 0.0796. The molecule has 3 atom stereocenters. The normalized spacial score (nSPS) is 12.8. The molecule has 2 amide bonds. The number of hydrogen-bond acceptors (Lipinski definition) is 6. The van der Waals surface area contributed by atoms with Crippen molar-refractivity contribution in [3.05, 3.63) is 48.6 Å². The van der Waals surface area contributed by atoms with Gasteiger partial charge in [-0.25, -0.2) is 0 Å². The lowest BCUT2D eigenvalue weighted by molar-refractivity contribution is -0.136. The number of aliphatic hydroxyl groups excluding tert-OH is 2. The number of aliphatic hydroxyl groups is 2. The number of allylic oxidation sites excluding steroid dienone is 8. The van der Waals surface area contributed by atoms with Gasteiger partial charge in [0.2, 0.25) is 11.8 Å². The molecule has 3 unspecified atom stereocenters. The molecule has 0 radical (unpaired) electrons. The maximum absolute atomic E-state index is 13.1. The highest BCUT2D eigenvalue weighted by Gasteiger charge is 2.27. The van der Waals surface area contributed by atoms with E-state index in [4.69, 9.17) is 5.11 Å². The summed E-state index contributed by atoms with van der Waals surface area (Å²) in [6.07, 6.45) is 83.3. The number of nitrogens with one attached hydrogen (secondary N) is 2. The molecular weight excluding hydrogens is 1060 g/mol. The zero-order valence-corrected chi connectivity index (χ0v) is 57.9. The summed E-state index contributed by atoms with van der Waals surface area (Å²) in [7, 11) is 0. The summed E-state index contributed by atoms with van der Waals surface area (Å²) < 4.78 is 0. The van der Waals surface area contributed by atoms with Crippen LogP contribution in [0, 0.1) is 11.8 Å². The molecule has 0 rings (SSSR count). The van der Waals surface area contributed by atoms with Gasteiger partial charge in [0.05, 0.1) is 31.1 Å². The first kappa shape index (κ1) is 85.2. The summed E-state index contributed by atoms with van der Waals surface area (Å²) in [5.41, 5.74) is 0. The van der Waals surface area contributed by atoms with Crippen LogP contribution < -0.4 is 10.6 Å². The molecule has 8 nitrogen and oxygen atoms in total. The van der Waals surface area contributed by atoms with Gasteiger partial charge in [0, 0.05) is 19.4 Å². The number of rotatable bonds is 67. The number of carbonyl (C=O) groups is 4. The van der Waals surface area contributed by atoms with E-state index in [2.05, 4.69) is 86.9 Å². The Morgan fingerprint density at radius 3 is 0.814 bits per heavy atom. The van der Waals surface area contributed by atoms with E-state index in [0.717, 1.165) is 103 Å². The van der Waals surface area contributed by atoms with Crippen LogP contribution in [0.3, 0.4) is 0 Å². The van der Waals surface area contributed by atoms with Gasteiger partial charge in [0.1, 0.15) is 11.6 Å². The van der Waals surface area contributed by atoms with E-state index < -0.39 is 11.8 Å². The average molecular weight is 1210 g/mol. The molecule has 8 heteroatoms. The van der Waals surface area contributed by atoms with Crippen LogP contribution in [0.25, 0.3) is 0 Å². The number of ketones is 2. The number of amides is 2. The Balaban J connectivity index is 0. The summed E-state index contributed by atoms with van der Waals surface area (Å²) in [6.45, 7) is 11.1. The Hall–Kier alpha value is -2.84. The van der Waals surface area contributed by atoms with E-state index in [1.807, 2.05) is 6.92 Å². The number of Topliss-reactive ketones (excluding diaryl/α,β-unsaturated/α-hetero) is 2. The Bertz CT molecular complexity index is 1550. The molecule has 0 aromatic heterocycles. The second-order valence-electron chi connectivity index (χ2n) is 25.6. The zero-order valence-electron chi connectivity index (χ0n) is 57.9. The van der Waals surface area contributed by atoms with E-state index in [-0.39, 0.29) is 49.2 Å². The number of unbranched alkanes of at least 4 members (excludes halogenated alkanes) is 42. The predicted molar refractivity (Wildman–Crippen MR) is 375 cm³/mol. The third-order valence-corrected chi connectivity index (χ3v) is 17.3. The first-order chi connectivity index (χ1) is 42.3. The largest absolute Gasteiger partial charge is 0.395 e. The molecule has 504 valence electrons. The van der Waals surface area contributed by atoms with Crippen molar-refractivity contribution in [1.29, 1.82) is 0 Å². The van der Waals surface area contributed by atoms with Gasteiger partial charge < -0.3 is 20.8 Å². The van der Waals surface area contributed by atoms with Gasteiger partial charge in [-0.2, -0.15) is 0 Å². The van der Waals surface area contributed by atoms with Crippen LogP contribution in [0.15, 0.2) is 48.6 Å². The molecule has 0 saturated carbocycles. The topological polar surface area (TPSA) is 133 Å². The Labute approximate surface area is 534 Å². The van der Waals surface area contributed by atoms with E-state index in [1.54, 1.807) is 0 Å². The van der Waals surface area contributed by atoms with Gasteiger partial charge >= 0.3 is 0 Å². The molecule has 0 saturated heterocycles. The first-order valence-electron chi connectivity index (χ1n) is 37.7. The first-order valence-corrected chi connectivity index (χ1v) is 37.7. The maximum Gasteiger partial charge on any atom is 0.230 e. The molecule has 0 bridgehead atoms. The van der Waals surface area contributed by atoms with Crippen molar-refractivity contribution >= 4 is 23.4 Å². The molecule has 0 fully saturated rings. The van der Waals surface area contributed by atoms with Crippen LogP contribution in [0.1, 0.15) is 388 Å². The smallest absolute Gasteiger partial charge is 0.230 e. The standard InChI is InChI=1S/C40H75NO3.C38H71NO3/c1-4-7-9-11-13-15-17-19-21-23-25-27-29-31-33-35-39(43)38(40(44)41-37(6-3)36-42)34-32-30-28-26-24-22-20-18-16-14-12-10-8-5-2;1-3-5-7-9-11-13-15-17-19-21-23-25-27-29-31-33-37(41)36(38(42)39-34-35-40)32-30-28-26-24-22-20-18-16-14-12-10-8-6-4-2/h19-22,37-38,42H,4-18,23-36H2,1-3H3,(H,41,44);17-20,36,40H,3-16,21-35H2,1-2H3,(H,39,42)/b21-19-,22-20-;19-17-,20-18-. The van der Waals surface area contributed by atoms with E-state index in [9.17, 15) is 24.3 Å². The van der Waals surface area contributed by atoms with Crippen molar-refractivity contribution in [2.45, 2.75) is 394 Å². The molecule has 86 heavy (non-hydrogen) atoms. The SMILES string of the molecule is CCCCCCCC/C=C\CCCCCCCC(=O)C(CCCCCC/C=C\CCCCCCCC)C(=O)NC(CC)CO.CCCCCCCC/C=C\CCCCCCCC(=O)C(CCCCCC/C=C\CCCCCCCC)C(=O)NCCO. The minimum Gasteiger partial charge on any atom is -0.395 e. The van der Waals surface area contributed by atoms with Crippen molar-refractivity contribution in [2.24, 2.45) is 11.8 Å². The Kier molecular flexibility index (Phi) is 72.2. The highest BCUT2D eigenvalue weighted by Crippen LogP contribution is 2.21. The molecule has 0 aliphatic heterocycles. The van der Waals surface area contributed by atoms with Crippen LogP contribution in [0.4, 0.5) is 0 Å². The lowest BCUT2D eigenvalue weighted by Crippen LogP contribution is -2.43. The van der Waals surface area contributed by atoms with E-state index in [1.165, 1.54) is 218 Å². The van der Waals surface area contributed by atoms with Gasteiger partial charge in [-0.3, -0.25) is 19.2 Å². The van der Waals surface area contributed by atoms with Crippen molar-refractivity contribution in [3.8, 4) is 0 Å². The molecular formula is C78H146N2O6. The number of hydrogen-bond donors (Lipinski definition) is 4. The van der Waals surface area contributed by atoms with Crippen LogP contribution >= 0.6 is 0 Å². The minimum atomic E-state index is -0.565. The van der Waals surface area contributed by atoms with Crippen molar-refractivity contribution < 1.29 is 29.4 Å². The van der Waals surface area contributed by atoms with Crippen LogP contribution in [0.2, 0.25) is 0 Å². The second-order valence-corrected chi connectivity index (χ2v) is 25.6. The molecule has 0 aliphatic carbocycles. The molecule has 0 heterocycles. The van der Waals surface area contributed by atoms with Gasteiger partial charge in [-0.1, -0.05) is 289 Å². The van der Waals surface area contributed by atoms with Crippen LogP contribution in [-0.2, 0) is 19.2 Å². The van der Waals surface area contributed by atoms with Gasteiger partial charge in [0.25, 0.3) is 0 Å². The summed E-state index contributed by atoms with van der Waals surface area (Å²) in [6, 6.07) is -0.263. The maximum atomic E-state index is 13.1. The summed E-state index contributed by atoms with van der Waals surface area (Å²) in [4.78, 5) is 51.6. The fraction of sp³-hybridized carbons (Fsp3) is 0.846. The van der Waals surface area contributed by atoms with E-state index in [0.29, 0.717) is 32.1 Å². The zero-order chi connectivity index (χ0) is 63.1. The highest BCUT2D eigenvalue weighted by atomic mass is 16.3. The Morgan fingerprint density at radius 2 is 0.558 bits per heavy atom. The monoisotopic (exact) mass is 1210 g/mol. The van der Waals surface area contributed by atoms with Crippen molar-refractivity contribution in [1.82, 2.24) is 10.6 Å². The highest BCUT2D eigenvalue weighted by molar-refractivity contribution is 6.02. The fourth-order valence-electron chi connectivity index (χ4n) is 11.3. The molecule has 0 spiro atoms. The van der Waals surface area contributed by atoms with Crippen molar-refractivity contribution in [3.63, 3.8) is 0 Å².